The van der Waals surface area contributed by atoms with Gasteiger partial charge in [0.25, 0.3) is 0 Å². The molecule has 0 spiro atoms. The Balaban J connectivity index is 1.64. The van der Waals surface area contributed by atoms with E-state index in [1.54, 1.807) is 23.4 Å². The van der Waals surface area contributed by atoms with Gasteiger partial charge in [0, 0.05) is 23.3 Å². The molecule has 2 aromatic carbocycles. The molecule has 0 atom stereocenters. The summed E-state index contributed by atoms with van der Waals surface area (Å²) < 4.78 is 0. The molecule has 30 heavy (non-hydrogen) atoms. The summed E-state index contributed by atoms with van der Waals surface area (Å²) in [5, 5.41) is 3.22. The quantitative estimate of drug-likeness (QED) is 0.290. The fourth-order valence-corrected chi connectivity index (χ4v) is 4.42. The lowest BCUT2D eigenvalue weighted by atomic mass is 10.1. The highest BCUT2D eigenvalue weighted by molar-refractivity contribution is 7.99. The van der Waals surface area contributed by atoms with Crippen molar-refractivity contribution in [3.05, 3.63) is 83.5 Å². The summed E-state index contributed by atoms with van der Waals surface area (Å²) in [6.07, 6.45) is 3.35. The summed E-state index contributed by atoms with van der Waals surface area (Å²) in [4.78, 5) is 28.1. The Labute approximate surface area is 183 Å². The molecular formula is C23H20N4OS2. The van der Waals surface area contributed by atoms with Gasteiger partial charge in [-0.1, -0.05) is 53.7 Å². The molecule has 1 amide bonds. The van der Waals surface area contributed by atoms with E-state index in [1.165, 1.54) is 28.7 Å². The molecule has 0 aliphatic rings. The van der Waals surface area contributed by atoms with Gasteiger partial charge in [-0.3, -0.25) is 9.69 Å². The lowest BCUT2D eigenvalue weighted by molar-refractivity contribution is -0.115. The van der Waals surface area contributed by atoms with Gasteiger partial charge < -0.3 is 0 Å². The van der Waals surface area contributed by atoms with Gasteiger partial charge >= 0.3 is 0 Å². The van der Waals surface area contributed by atoms with Crippen LogP contribution in [0.2, 0.25) is 0 Å². The van der Waals surface area contributed by atoms with Crippen LogP contribution in [-0.4, -0.2) is 26.6 Å². The smallest absolute Gasteiger partial charge is 0.243 e. The van der Waals surface area contributed by atoms with Crippen LogP contribution >= 0.6 is 23.1 Å². The number of nitrogens with zero attached hydrogens (tertiary/aromatic N) is 4. The van der Waals surface area contributed by atoms with E-state index < -0.39 is 0 Å². The standard InChI is InChI=1S/C23H20N4OS2/c1-16-7-9-18(10-8-16)20-14-30-23(26-20)27(19-6-3-5-17(2)13-19)21(28)15-29-22-24-11-4-12-25-22/h3-14H,15H2,1-2H3. The van der Waals surface area contributed by atoms with E-state index in [2.05, 4.69) is 41.2 Å². The van der Waals surface area contributed by atoms with Crippen LogP contribution < -0.4 is 4.90 Å². The average Bonchev–Trinajstić information content (AvgIpc) is 3.23. The zero-order valence-electron chi connectivity index (χ0n) is 16.6. The number of hydrogen-bond acceptors (Lipinski definition) is 6. The van der Waals surface area contributed by atoms with E-state index in [0.29, 0.717) is 10.3 Å². The number of thiazole rings is 1. The number of benzene rings is 2. The number of rotatable bonds is 6. The second-order valence-electron chi connectivity index (χ2n) is 6.77. The zero-order chi connectivity index (χ0) is 20.9. The third kappa shape index (κ3) is 4.75. The van der Waals surface area contributed by atoms with Crippen molar-refractivity contribution in [2.75, 3.05) is 10.7 Å². The maximum absolute atomic E-state index is 13.2. The summed E-state index contributed by atoms with van der Waals surface area (Å²) in [7, 11) is 0. The topological polar surface area (TPSA) is 59.0 Å². The minimum Gasteiger partial charge on any atom is -0.273 e. The van der Waals surface area contributed by atoms with Crippen molar-refractivity contribution < 1.29 is 4.79 Å². The van der Waals surface area contributed by atoms with E-state index in [4.69, 9.17) is 4.98 Å². The first kappa shape index (κ1) is 20.3. The summed E-state index contributed by atoms with van der Waals surface area (Å²) in [6.45, 7) is 4.07. The average molecular weight is 433 g/mol. The number of amides is 1. The molecule has 7 heteroatoms. The summed E-state index contributed by atoms with van der Waals surface area (Å²) in [6, 6.07) is 17.9. The van der Waals surface area contributed by atoms with Crippen LogP contribution in [0.15, 0.2) is 77.5 Å². The predicted octanol–water partition coefficient (Wildman–Crippen LogP) is 5.67. The Morgan fingerprint density at radius 2 is 1.77 bits per heavy atom. The lowest BCUT2D eigenvalue weighted by Gasteiger charge is -2.20. The van der Waals surface area contributed by atoms with Crippen LogP contribution in [0.25, 0.3) is 11.3 Å². The minimum absolute atomic E-state index is 0.0668. The van der Waals surface area contributed by atoms with Crippen LogP contribution in [0.4, 0.5) is 10.8 Å². The van der Waals surface area contributed by atoms with Crippen molar-refractivity contribution in [1.29, 1.82) is 0 Å². The third-order valence-electron chi connectivity index (χ3n) is 4.41. The fraction of sp³-hybridized carbons (Fsp3) is 0.130. The van der Waals surface area contributed by atoms with E-state index in [9.17, 15) is 4.79 Å². The molecule has 2 aromatic heterocycles. The van der Waals surface area contributed by atoms with Crippen LogP contribution in [0.3, 0.4) is 0 Å². The molecule has 0 saturated heterocycles. The molecule has 4 aromatic rings. The number of aromatic nitrogens is 3. The maximum Gasteiger partial charge on any atom is 0.243 e. The molecule has 0 radical (unpaired) electrons. The van der Waals surface area contributed by atoms with Gasteiger partial charge in [-0.2, -0.15) is 0 Å². The van der Waals surface area contributed by atoms with Crippen LogP contribution in [0.5, 0.6) is 0 Å². The summed E-state index contributed by atoms with van der Waals surface area (Å²) in [5.74, 6) is 0.153. The van der Waals surface area contributed by atoms with E-state index in [0.717, 1.165) is 22.5 Å². The predicted molar refractivity (Wildman–Crippen MR) is 123 cm³/mol. The van der Waals surface area contributed by atoms with Gasteiger partial charge in [0.05, 0.1) is 17.1 Å². The molecular weight excluding hydrogens is 412 g/mol. The maximum atomic E-state index is 13.2. The molecule has 150 valence electrons. The zero-order valence-corrected chi connectivity index (χ0v) is 18.3. The van der Waals surface area contributed by atoms with Gasteiger partial charge in [0.2, 0.25) is 5.91 Å². The largest absolute Gasteiger partial charge is 0.273 e. The van der Waals surface area contributed by atoms with Crippen LogP contribution in [0, 0.1) is 13.8 Å². The fourth-order valence-electron chi connectivity index (χ4n) is 2.90. The Morgan fingerprint density at radius 3 is 2.50 bits per heavy atom. The molecule has 5 nitrogen and oxygen atoms in total. The second-order valence-corrected chi connectivity index (χ2v) is 8.55. The normalized spacial score (nSPS) is 10.7. The van der Waals surface area contributed by atoms with Crippen molar-refractivity contribution in [2.45, 2.75) is 19.0 Å². The Hall–Kier alpha value is -3.03. The molecule has 0 bridgehead atoms. The van der Waals surface area contributed by atoms with Crippen molar-refractivity contribution in [2.24, 2.45) is 0 Å². The number of aryl methyl sites for hydroxylation is 2. The first-order valence-corrected chi connectivity index (χ1v) is 11.3. The number of carbonyl (C=O) groups is 1. The van der Waals surface area contributed by atoms with E-state index >= 15 is 0 Å². The third-order valence-corrected chi connectivity index (χ3v) is 6.09. The highest BCUT2D eigenvalue weighted by Crippen LogP contribution is 2.33. The molecule has 0 aliphatic heterocycles. The number of anilines is 2. The Morgan fingerprint density at radius 1 is 1.00 bits per heavy atom. The van der Waals surface area contributed by atoms with Crippen LogP contribution in [0.1, 0.15) is 11.1 Å². The molecule has 0 saturated carbocycles. The van der Waals surface area contributed by atoms with Gasteiger partial charge in [0.15, 0.2) is 10.3 Å². The summed E-state index contributed by atoms with van der Waals surface area (Å²) in [5.41, 5.74) is 4.98. The summed E-state index contributed by atoms with van der Waals surface area (Å²) >= 11 is 2.78. The van der Waals surface area contributed by atoms with Gasteiger partial charge in [-0.15, -0.1) is 11.3 Å². The van der Waals surface area contributed by atoms with Crippen molar-refractivity contribution in [3.8, 4) is 11.3 Å². The molecule has 0 fully saturated rings. The Kier molecular flexibility index (Phi) is 6.21. The van der Waals surface area contributed by atoms with Crippen molar-refractivity contribution in [3.63, 3.8) is 0 Å². The molecule has 0 unspecified atom stereocenters. The first-order valence-electron chi connectivity index (χ1n) is 9.42. The SMILES string of the molecule is Cc1ccc(-c2csc(N(C(=O)CSc3ncccn3)c3cccc(C)c3)n2)cc1. The minimum atomic E-state index is -0.0668. The number of thioether (sulfide) groups is 1. The van der Waals surface area contributed by atoms with Crippen molar-refractivity contribution >= 4 is 39.8 Å². The van der Waals surface area contributed by atoms with E-state index in [1.807, 2.05) is 36.6 Å². The van der Waals surface area contributed by atoms with Gasteiger partial charge in [0.1, 0.15) is 0 Å². The van der Waals surface area contributed by atoms with Gasteiger partial charge in [-0.25, -0.2) is 15.0 Å². The highest BCUT2D eigenvalue weighted by Gasteiger charge is 2.22. The molecule has 2 heterocycles. The molecule has 0 aliphatic carbocycles. The molecule has 0 N–H and O–H groups in total. The van der Waals surface area contributed by atoms with Crippen LogP contribution in [-0.2, 0) is 4.79 Å². The van der Waals surface area contributed by atoms with Crippen molar-refractivity contribution in [1.82, 2.24) is 15.0 Å². The molecule has 4 rings (SSSR count). The van der Waals surface area contributed by atoms with Gasteiger partial charge in [-0.05, 0) is 37.6 Å². The first-order chi connectivity index (χ1) is 14.6. The second kappa shape index (κ2) is 9.19. The monoisotopic (exact) mass is 432 g/mol. The van der Waals surface area contributed by atoms with E-state index in [-0.39, 0.29) is 11.7 Å². The highest BCUT2D eigenvalue weighted by atomic mass is 32.2. The Bertz CT molecular complexity index is 1140. The number of carbonyl (C=O) groups excluding carboxylic acids is 1. The number of hydrogen-bond donors (Lipinski definition) is 0. The lowest BCUT2D eigenvalue weighted by Crippen LogP contribution is -2.27.